The first-order valence-corrected chi connectivity index (χ1v) is 12.5. The van der Waals surface area contributed by atoms with Crippen LogP contribution in [0.5, 0.6) is 5.75 Å². The Morgan fingerprint density at radius 3 is 2.58 bits per heavy atom. The third-order valence-electron chi connectivity index (χ3n) is 5.48. The summed E-state index contributed by atoms with van der Waals surface area (Å²) in [6.07, 6.45) is 1.44. The van der Waals surface area contributed by atoms with Gasteiger partial charge in [0.1, 0.15) is 30.3 Å². The molecule has 1 heterocycles. The summed E-state index contributed by atoms with van der Waals surface area (Å²) in [7, 11) is 0. The van der Waals surface area contributed by atoms with Gasteiger partial charge in [-0.15, -0.1) is 0 Å². The van der Waals surface area contributed by atoms with Crippen LogP contribution in [0.2, 0.25) is 5.02 Å². The molecule has 3 aromatic carbocycles. The van der Waals surface area contributed by atoms with Gasteiger partial charge in [0.05, 0.1) is 10.5 Å². The van der Waals surface area contributed by atoms with Crippen LogP contribution in [-0.4, -0.2) is 40.9 Å². The van der Waals surface area contributed by atoms with Crippen LogP contribution in [0.25, 0.3) is 10.9 Å². The first-order valence-electron chi connectivity index (χ1n) is 12.2. The maximum Gasteiger partial charge on any atom is 0.303 e. The number of anilines is 3. The van der Waals surface area contributed by atoms with E-state index in [2.05, 4.69) is 30.7 Å². The van der Waals surface area contributed by atoms with E-state index in [1.165, 1.54) is 25.4 Å². The van der Waals surface area contributed by atoms with E-state index >= 15 is 0 Å². The highest BCUT2D eigenvalue weighted by molar-refractivity contribution is 6.32. The molecule has 0 unspecified atom stereocenters. The van der Waals surface area contributed by atoms with Crippen LogP contribution in [-0.2, 0) is 25.7 Å². The maximum atomic E-state index is 13.4. The van der Waals surface area contributed by atoms with Crippen molar-refractivity contribution in [3.8, 4) is 5.75 Å². The molecule has 0 spiro atoms. The lowest BCUT2D eigenvalue weighted by molar-refractivity contribution is -0.146. The van der Waals surface area contributed by atoms with Gasteiger partial charge < -0.3 is 25.4 Å². The van der Waals surface area contributed by atoms with Gasteiger partial charge in [0.25, 0.3) is 5.91 Å². The number of carbonyl (C=O) groups is 3. The second-order valence-electron chi connectivity index (χ2n) is 8.57. The average Bonchev–Trinajstić information content (AvgIpc) is 2.92. The number of hydrogen-bond donors (Lipinski definition) is 3. The number of nitrogens with one attached hydrogen (secondary N) is 3. The molecule has 0 radical (unpaired) electrons. The van der Waals surface area contributed by atoms with E-state index in [0.29, 0.717) is 44.4 Å². The van der Waals surface area contributed by atoms with Crippen molar-refractivity contribution in [3.05, 3.63) is 83.4 Å². The smallest absolute Gasteiger partial charge is 0.303 e. The molecule has 4 rings (SSSR count). The third-order valence-corrected chi connectivity index (χ3v) is 5.77. The second kappa shape index (κ2) is 13.3. The van der Waals surface area contributed by atoms with E-state index < -0.39 is 18.5 Å². The van der Waals surface area contributed by atoms with E-state index in [1.54, 1.807) is 48.5 Å². The predicted molar refractivity (Wildman–Crippen MR) is 148 cm³/mol. The van der Waals surface area contributed by atoms with Crippen LogP contribution in [0, 0.1) is 5.82 Å². The van der Waals surface area contributed by atoms with Crippen molar-refractivity contribution in [2.75, 3.05) is 23.8 Å². The molecule has 206 valence electrons. The number of rotatable bonds is 11. The van der Waals surface area contributed by atoms with Crippen molar-refractivity contribution >= 4 is 57.5 Å². The summed E-state index contributed by atoms with van der Waals surface area (Å²) in [5.41, 5.74) is 2.48. The Labute approximate surface area is 233 Å². The molecule has 2 amide bonds. The predicted octanol–water partition coefficient (Wildman–Crippen LogP) is 4.75. The second-order valence-corrected chi connectivity index (χ2v) is 8.98. The van der Waals surface area contributed by atoms with Crippen molar-refractivity contribution in [1.82, 2.24) is 15.3 Å². The lowest BCUT2D eigenvalue weighted by Crippen LogP contribution is -2.31. The molecule has 0 aliphatic carbocycles. The zero-order valence-corrected chi connectivity index (χ0v) is 22.1. The van der Waals surface area contributed by atoms with Crippen LogP contribution in [0.3, 0.4) is 0 Å². The number of hydrogen-bond acceptors (Lipinski definition) is 8. The summed E-state index contributed by atoms with van der Waals surface area (Å²) in [4.78, 5) is 43.3. The summed E-state index contributed by atoms with van der Waals surface area (Å²) < 4.78 is 23.7. The first kappa shape index (κ1) is 28.2. The molecule has 10 nitrogen and oxygen atoms in total. The fourth-order valence-corrected chi connectivity index (χ4v) is 3.85. The van der Waals surface area contributed by atoms with E-state index in [0.717, 1.165) is 0 Å². The number of esters is 1. The van der Waals surface area contributed by atoms with Gasteiger partial charge in [-0.05, 0) is 54.1 Å². The highest BCUT2D eigenvalue weighted by atomic mass is 35.5. The molecule has 4 aromatic rings. The van der Waals surface area contributed by atoms with Crippen molar-refractivity contribution in [3.63, 3.8) is 0 Å². The number of fused-ring (bicyclic) bond motifs is 1. The number of ether oxygens (including phenoxy) is 2. The Morgan fingerprint density at radius 2 is 1.80 bits per heavy atom. The summed E-state index contributed by atoms with van der Waals surface area (Å²) >= 11 is 6.42. The molecule has 1 aromatic heterocycles. The van der Waals surface area contributed by atoms with Gasteiger partial charge >= 0.3 is 5.97 Å². The van der Waals surface area contributed by atoms with Gasteiger partial charge in [0.15, 0.2) is 6.61 Å². The molecule has 0 aliphatic heterocycles. The zero-order valence-electron chi connectivity index (χ0n) is 21.4. The number of halogens is 2. The minimum Gasteiger partial charge on any atom is -0.487 e. The van der Waals surface area contributed by atoms with Crippen molar-refractivity contribution in [2.45, 2.75) is 20.0 Å². The van der Waals surface area contributed by atoms with Crippen molar-refractivity contribution in [1.29, 1.82) is 0 Å². The summed E-state index contributed by atoms with van der Waals surface area (Å²) in [6.45, 7) is 1.05. The zero-order chi connectivity index (χ0) is 28.5. The number of carbonyl (C=O) groups excluding carboxylic acids is 3. The largest absolute Gasteiger partial charge is 0.487 e. The van der Waals surface area contributed by atoms with E-state index in [9.17, 15) is 18.8 Å². The van der Waals surface area contributed by atoms with Crippen LogP contribution in [0.15, 0.2) is 67.0 Å². The summed E-state index contributed by atoms with van der Waals surface area (Å²) in [5.74, 6) is -0.784. The Hall–Kier alpha value is -4.77. The fourth-order valence-electron chi connectivity index (χ4n) is 3.61. The SMILES string of the molecule is CC(=O)OCC(=O)NCCC(=O)Nc1ccc2ncnc(Nc3ccc(OCc4cccc(F)c4)c(Cl)c3)c2c1. The number of aromatic nitrogens is 2. The van der Waals surface area contributed by atoms with E-state index in [1.807, 2.05) is 0 Å². The lowest BCUT2D eigenvalue weighted by atomic mass is 10.2. The van der Waals surface area contributed by atoms with Crippen LogP contribution in [0.1, 0.15) is 18.9 Å². The standard InChI is InChI=1S/C28H25ClFN5O5/c1-17(36)39-15-27(38)31-10-9-26(37)34-20-5-7-24-22(12-20)28(33-16-32-24)35-21-6-8-25(23(29)13-21)40-14-18-3-2-4-19(30)11-18/h2-8,11-13,16H,9-10,14-15H2,1H3,(H,31,38)(H,34,37)(H,32,33,35). The highest BCUT2D eigenvalue weighted by Crippen LogP contribution is 2.31. The number of benzene rings is 3. The Bertz CT molecular complexity index is 1550. The molecule has 0 atom stereocenters. The molecule has 0 aliphatic rings. The summed E-state index contributed by atoms with van der Waals surface area (Å²) in [6, 6.07) is 16.5. The molecule has 0 fully saturated rings. The minimum absolute atomic E-state index is 0.0202. The molecule has 12 heteroatoms. The molecule has 0 saturated heterocycles. The lowest BCUT2D eigenvalue weighted by Gasteiger charge is -2.13. The van der Waals surface area contributed by atoms with Crippen LogP contribution in [0.4, 0.5) is 21.6 Å². The van der Waals surface area contributed by atoms with Crippen molar-refractivity contribution in [2.24, 2.45) is 0 Å². The monoisotopic (exact) mass is 565 g/mol. The first-order chi connectivity index (χ1) is 19.3. The highest BCUT2D eigenvalue weighted by Gasteiger charge is 2.11. The van der Waals surface area contributed by atoms with Gasteiger partial charge in [0.2, 0.25) is 5.91 Å². The minimum atomic E-state index is -0.561. The molecule has 40 heavy (non-hydrogen) atoms. The molecule has 3 N–H and O–H groups in total. The average molecular weight is 566 g/mol. The van der Waals surface area contributed by atoms with Gasteiger partial charge in [-0.25, -0.2) is 14.4 Å². The van der Waals surface area contributed by atoms with Gasteiger partial charge in [-0.3, -0.25) is 14.4 Å². The van der Waals surface area contributed by atoms with Gasteiger partial charge in [0, 0.05) is 36.7 Å². The van der Waals surface area contributed by atoms with Crippen LogP contribution >= 0.6 is 11.6 Å². The molecule has 0 saturated carbocycles. The Balaban J connectivity index is 1.38. The normalized spacial score (nSPS) is 10.6. The topological polar surface area (TPSA) is 132 Å². The molecular formula is C28H25ClFN5O5. The van der Waals surface area contributed by atoms with Crippen LogP contribution < -0.4 is 20.7 Å². The maximum absolute atomic E-state index is 13.4. The van der Waals surface area contributed by atoms with E-state index in [-0.39, 0.29) is 31.3 Å². The quantitative estimate of drug-likeness (QED) is 0.222. The molecule has 0 bridgehead atoms. The Kier molecular flexibility index (Phi) is 9.42. The number of amides is 2. The fraction of sp³-hybridized carbons (Fsp3) is 0.179. The van der Waals surface area contributed by atoms with E-state index in [4.69, 9.17) is 16.3 Å². The van der Waals surface area contributed by atoms with Crippen molar-refractivity contribution < 1.29 is 28.2 Å². The number of nitrogens with zero attached hydrogens (tertiary/aromatic N) is 2. The van der Waals surface area contributed by atoms with Gasteiger partial charge in [-0.2, -0.15) is 0 Å². The Morgan fingerprint density at radius 1 is 0.975 bits per heavy atom. The van der Waals surface area contributed by atoms with Gasteiger partial charge in [-0.1, -0.05) is 23.7 Å². The summed E-state index contributed by atoms with van der Waals surface area (Å²) in [5, 5.41) is 9.49. The third kappa shape index (κ3) is 8.11. The molecular weight excluding hydrogens is 541 g/mol.